The second-order valence-electron chi connectivity index (χ2n) is 5.44. The van der Waals surface area contributed by atoms with E-state index in [9.17, 15) is 0 Å². The maximum Gasteiger partial charge on any atom is 0.0430 e. The highest BCUT2D eigenvalue weighted by Crippen LogP contribution is 2.28. The predicted molar refractivity (Wildman–Crippen MR) is 85.8 cm³/mol. The highest BCUT2D eigenvalue weighted by Gasteiger charge is 2.21. The third-order valence-electron chi connectivity index (χ3n) is 3.83. The van der Waals surface area contributed by atoms with Crippen molar-refractivity contribution in [3.05, 3.63) is 72.3 Å². The average Bonchev–Trinajstić information content (AvgIpc) is 2.48. The van der Waals surface area contributed by atoms with Crippen molar-refractivity contribution < 1.29 is 0 Å². The first-order chi connectivity index (χ1) is 9.74. The molecule has 1 aliphatic rings. The van der Waals surface area contributed by atoms with E-state index in [2.05, 4.69) is 60.0 Å². The third-order valence-corrected chi connectivity index (χ3v) is 3.83. The molecule has 1 atom stereocenters. The minimum absolute atomic E-state index is 0.202. The number of rotatable bonds is 3. The molecule has 1 unspecified atom stereocenters. The van der Waals surface area contributed by atoms with E-state index in [4.69, 9.17) is 5.73 Å². The Hall–Kier alpha value is -2.06. The molecule has 0 radical (unpaired) electrons. The quantitative estimate of drug-likeness (QED) is 0.923. The lowest BCUT2D eigenvalue weighted by atomic mass is 9.97. The number of nitrogens with two attached hydrogens (primary N) is 1. The fourth-order valence-electron chi connectivity index (χ4n) is 2.87. The van der Waals surface area contributed by atoms with Crippen LogP contribution in [0.2, 0.25) is 0 Å². The van der Waals surface area contributed by atoms with Gasteiger partial charge in [-0.2, -0.15) is 0 Å². The fraction of sp³-hybridized carbons (Fsp3) is 0.222. The van der Waals surface area contributed by atoms with Gasteiger partial charge in [-0.25, -0.2) is 0 Å². The number of nitrogens with zero attached hydrogens (tertiary/aromatic N) is 1. The second-order valence-corrected chi connectivity index (χ2v) is 5.44. The standard InChI is InChI=1S/C18H20N2/c1-14(15-7-3-2-4-8-15)12-20-13-17(19)11-16-9-5-6-10-18(16)20/h2-10,17H,1,11-13,19H2. The van der Waals surface area contributed by atoms with E-state index in [1.807, 2.05) is 6.07 Å². The molecule has 0 aromatic heterocycles. The highest BCUT2D eigenvalue weighted by molar-refractivity contribution is 5.69. The maximum absolute atomic E-state index is 6.18. The van der Waals surface area contributed by atoms with Gasteiger partial charge >= 0.3 is 0 Å². The van der Waals surface area contributed by atoms with E-state index in [-0.39, 0.29) is 6.04 Å². The van der Waals surface area contributed by atoms with Crippen LogP contribution in [0.15, 0.2) is 61.2 Å². The maximum atomic E-state index is 6.18. The molecule has 0 saturated carbocycles. The van der Waals surface area contributed by atoms with Gasteiger partial charge in [0.15, 0.2) is 0 Å². The molecule has 1 heterocycles. The molecule has 0 amide bonds. The zero-order valence-corrected chi connectivity index (χ0v) is 11.6. The lowest BCUT2D eigenvalue weighted by Crippen LogP contribution is -2.43. The van der Waals surface area contributed by atoms with Crippen LogP contribution in [0.3, 0.4) is 0 Å². The molecule has 0 bridgehead atoms. The first kappa shape index (κ1) is 12.9. The van der Waals surface area contributed by atoms with E-state index in [0.29, 0.717) is 0 Å². The van der Waals surface area contributed by atoms with Gasteiger partial charge in [0.25, 0.3) is 0 Å². The lowest BCUT2D eigenvalue weighted by molar-refractivity contribution is 0.617. The Morgan fingerprint density at radius 1 is 1.10 bits per heavy atom. The van der Waals surface area contributed by atoms with Crippen molar-refractivity contribution in [2.45, 2.75) is 12.5 Å². The van der Waals surface area contributed by atoms with E-state index < -0.39 is 0 Å². The summed E-state index contributed by atoms with van der Waals surface area (Å²) < 4.78 is 0. The summed E-state index contributed by atoms with van der Waals surface area (Å²) in [6.45, 7) is 5.95. The Bertz CT molecular complexity index is 604. The third kappa shape index (κ3) is 2.61. The Morgan fingerprint density at radius 3 is 2.60 bits per heavy atom. The molecule has 0 aliphatic carbocycles. The summed E-state index contributed by atoms with van der Waals surface area (Å²) in [5.74, 6) is 0. The Kier molecular flexibility index (Phi) is 3.57. The molecule has 0 saturated heterocycles. The molecule has 2 N–H and O–H groups in total. The zero-order valence-electron chi connectivity index (χ0n) is 11.6. The number of fused-ring (bicyclic) bond motifs is 1. The van der Waals surface area contributed by atoms with E-state index in [0.717, 1.165) is 25.1 Å². The topological polar surface area (TPSA) is 29.3 Å². The second kappa shape index (κ2) is 5.51. The average molecular weight is 264 g/mol. The van der Waals surface area contributed by atoms with Gasteiger partial charge in [0.1, 0.15) is 0 Å². The van der Waals surface area contributed by atoms with Crippen molar-refractivity contribution in [1.29, 1.82) is 0 Å². The summed E-state index contributed by atoms with van der Waals surface area (Å²) >= 11 is 0. The van der Waals surface area contributed by atoms with Crippen molar-refractivity contribution in [2.75, 3.05) is 18.0 Å². The molecular weight excluding hydrogens is 244 g/mol. The van der Waals surface area contributed by atoms with Gasteiger partial charge in [0.05, 0.1) is 0 Å². The first-order valence-electron chi connectivity index (χ1n) is 7.05. The molecule has 1 aliphatic heterocycles. The molecule has 0 spiro atoms. The van der Waals surface area contributed by atoms with Crippen molar-refractivity contribution in [3.63, 3.8) is 0 Å². The van der Waals surface area contributed by atoms with Gasteiger partial charge < -0.3 is 10.6 Å². The summed E-state index contributed by atoms with van der Waals surface area (Å²) in [6.07, 6.45) is 0.963. The van der Waals surface area contributed by atoms with Crippen LogP contribution in [0.1, 0.15) is 11.1 Å². The van der Waals surface area contributed by atoms with Crippen LogP contribution in [-0.2, 0) is 6.42 Å². The number of benzene rings is 2. The molecule has 2 aromatic rings. The van der Waals surface area contributed by atoms with E-state index >= 15 is 0 Å². The Morgan fingerprint density at radius 2 is 1.80 bits per heavy atom. The number of hydrogen-bond donors (Lipinski definition) is 1. The molecule has 3 rings (SSSR count). The van der Waals surface area contributed by atoms with E-state index in [1.165, 1.54) is 16.8 Å². The molecule has 102 valence electrons. The Balaban J connectivity index is 1.83. The SMILES string of the molecule is C=C(CN1CC(N)Cc2ccccc21)c1ccccc1. The summed E-state index contributed by atoms with van der Waals surface area (Å²) in [5, 5.41) is 0. The highest BCUT2D eigenvalue weighted by atomic mass is 15.2. The van der Waals surface area contributed by atoms with Crippen molar-refractivity contribution in [2.24, 2.45) is 5.73 Å². The largest absolute Gasteiger partial charge is 0.365 e. The van der Waals surface area contributed by atoms with Crippen molar-refractivity contribution in [1.82, 2.24) is 0 Å². The van der Waals surface area contributed by atoms with Gasteiger partial charge in [-0.15, -0.1) is 0 Å². The van der Waals surface area contributed by atoms with Crippen molar-refractivity contribution >= 4 is 11.3 Å². The summed E-state index contributed by atoms with van der Waals surface area (Å²) in [6, 6.07) is 19.1. The van der Waals surface area contributed by atoms with Crippen LogP contribution < -0.4 is 10.6 Å². The van der Waals surface area contributed by atoms with Crippen LogP contribution in [0, 0.1) is 0 Å². The molecule has 2 heteroatoms. The predicted octanol–water partition coefficient (Wildman–Crippen LogP) is 3.09. The molecule has 0 fully saturated rings. The molecule has 2 nitrogen and oxygen atoms in total. The van der Waals surface area contributed by atoms with Crippen LogP contribution in [0.4, 0.5) is 5.69 Å². The first-order valence-corrected chi connectivity index (χ1v) is 7.05. The molecule has 20 heavy (non-hydrogen) atoms. The molecular formula is C18H20N2. The minimum atomic E-state index is 0.202. The van der Waals surface area contributed by atoms with Crippen LogP contribution in [0.5, 0.6) is 0 Å². The van der Waals surface area contributed by atoms with Crippen molar-refractivity contribution in [3.8, 4) is 0 Å². The van der Waals surface area contributed by atoms with Gasteiger partial charge in [-0.05, 0) is 29.2 Å². The van der Waals surface area contributed by atoms with Crippen LogP contribution in [0.25, 0.3) is 5.57 Å². The monoisotopic (exact) mass is 264 g/mol. The van der Waals surface area contributed by atoms with Gasteiger partial charge in [0.2, 0.25) is 0 Å². The lowest BCUT2D eigenvalue weighted by Gasteiger charge is -2.35. The minimum Gasteiger partial charge on any atom is -0.365 e. The summed E-state index contributed by atoms with van der Waals surface area (Å²) in [5.41, 5.74) is 11.2. The number of anilines is 1. The van der Waals surface area contributed by atoms with Crippen LogP contribution >= 0.6 is 0 Å². The van der Waals surface area contributed by atoms with Gasteiger partial charge in [-0.1, -0.05) is 55.1 Å². The number of para-hydroxylation sites is 1. The summed E-state index contributed by atoms with van der Waals surface area (Å²) in [4.78, 5) is 2.35. The van der Waals surface area contributed by atoms with Gasteiger partial charge in [-0.3, -0.25) is 0 Å². The zero-order chi connectivity index (χ0) is 13.9. The van der Waals surface area contributed by atoms with Crippen LogP contribution in [-0.4, -0.2) is 19.1 Å². The molecule has 2 aromatic carbocycles. The fourth-order valence-corrected chi connectivity index (χ4v) is 2.87. The normalized spacial score (nSPS) is 17.6. The number of hydrogen-bond acceptors (Lipinski definition) is 2. The smallest absolute Gasteiger partial charge is 0.0430 e. The summed E-state index contributed by atoms with van der Waals surface area (Å²) in [7, 11) is 0. The van der Waals surface area contributed by atoms with E-state index in [1.54, 1.807) is 0 Å². The van der Waals surface area contributed by atoms with Gasteiger partial charge in [0, 0.05) is 24.8 Å². The Labute approximate surface area is 120 Å².